The van der Waals surface area contributed by atoms with Crippen molar-refractivity contribution >= 4 is 29.3 Å². The van der Waals surface area contributed by atoms with E-state index in [1.807, 2.05) is 37.3 Å². The summed E-state index contributed by atoms with van der Waals surface area (Å²) in [5.41, 5.74) is 6.29. The van der Waals surface area contributed by atoms with Crippen LogP contribution in [0.5, 0.6) is 0 Å². The summed E-state index contributed by atoms with van der Waals surface area (Å²) in [5, 5.41) is 23.0. The Labute approximate surface area is 199 Å². The highest BCUT2D eigenvalue weighted by Gasteiger charge is 2.41. The first-order chi connectivity index (χ1) is 16.3. The minimum Gasteiger partial charge on any atom is -0.481 e. The van der Waals surface area contributed by atoms with E-state index >= 15 is 0 Å². The second-order valence-corrected chi connectivity index (χ2v) is 8.84. The van der Waals surface area contributed by atoms with Crippen LogP contribution in [-0.4, -0.2) is 28.7 Å². The first-order valence-corrected chi connectivity index (χ1v) is 11.6. The topological polar surface area (TPSA) is 145 Å². The van der Waals surface area contributed by atoms with Gasteiger partial charge in [0.2, 0.25) is 11.8 Å². The summed E-state index contributed by atoms with van der Waals surface area (Å²) in [7, 11) is 0. The van der Waals surface area contributed by atoms with Gasteiger partial charge in [0.15, 0.2) is 0 Å². The molecule has 0 saturated heterocycles. The number of amides is 2. The molecule has 1 fully saturated rings. The Morgan fingerprint density at radius 3 is 2.12 bits per heavy atom. The van der Waals surface area contributed by atoms with Gasteiger partial charge in [0, 0.05) is 23.1 Å². The lowest BCUT2D eigenvalue weighted by Gasteiger charge is -2.37. The van der Waals surface area contributed by atoms with Crippen LogP contribution in [-0.2, 0) is 19.9 Å². The molecule has 3 atom stereocenters. The van der Waals surface area contributed by atoms with Crippen LogP contribution in [0.2, 0.25) is 0 Å². The smallest absolute Gasteiger partial charge is 0.306 e. The number of carbonyl (C=O) groups is 3. The van der Waals surface area contributed by atoms with Gasteiger partial charge in [-0.1, -0.05) is 50.1 Å². The molecule has 34 heavy (non-hydrogen) atoms. The van der Waals surface area contributed by atoms with Gasteiger partial charge in [0.1, 0.15) is 5.84 Å². The van der Waals surface area contributed by atoms with Crippen LogP contribution in [0.15, 0.2) is 54.6 Å². The van der Waals surface area contributed by atoms with Gasteiger partial charge < -0.3 is 21.5 Å². The zero-order chi connectivity index (χ0) is 24.7. The minimum absolute atomic E-state index is 0.0546. The Bertz CT molecular complexity index is 1040. The summed E-state index contributed by atoms with van der Waals surface area (Å²) in [6.07, 6.45) is 2.98. The predicted octanol–water partition coefficient (Wildman–Crippen LogP) is 3.61. The number of anilines is 1. The number of carbonyl (C=O) groups excluding carboxylic acids is 2. The molecule has 0 spiro atoms. The average Bonchev–Trinajstić information content (AvgIpc) is 2.84. The quantitative estimate of drug-likeness (QED) is 0.284. The number of nitrogens with two attached hydrogens (primary N) is 1. The van der Waals surface area contributed by atoms with Gasteiger partial charge in [-0.25, -0.2) is 0 Å². The van der Waals surface area contributed by atoms with Gasteiger partial charge in [-0.3, -0.25) is 19.8 Å². The van der Waals surface area contributed by atoms with E-state index in [0.29, 0.717) is 30.5 Å². The molecule has 0 aromatic heterocycles. The van der Waals surface area contributed by atoms with E-state index in [1.165, 1.54) is 0 Å². The number of carboxylic acids is 1. The Kier molecular flexibility index (Phi) is 8.04. The third-order valence-corrected chi connectivity index (χ3v) is 6.65. The number of rotatable bonds is 9. The lowest BCUT2D eigenvalue weighted by atomic mass is 9.76. The highest BCUT2D eigenvalue weighted by atomic mass is 16.4. The molecule has 2 aromatic rings. The summed E-state index contributed by atoms with van der Waals surface area (Å²) < 4.78 is 0. The number of nitrogens with one attached hydrogen (secondary N) is 3. The zero-order valence-electron chi connectivity index (χ0n) is 19.3. The maximum atomic E-state index is 13.5. The number of nitrogen functional groups attached to an aromatic ring is 1. The summed E-state index contributed by atoms with van der Waals surface area (Å²) in [6, 6.07) is 15.8. The molecule has 1 aliphatic rings. The maximum Gasteiger partial charge on any atom is 0.306 e. The molecule has 0 bridgehead atoms. The van der Waals surface area contributed by atoms with Crippen LogP contribution < -0.4 is 16.4 Å². The molecule has 3 rings (SSSR count). The van der Waals surface area contributed by atoms with E-state index in [4.69, 9.17) is 11.1 Å². The Morgan fingerprint density at radius 1 is 1.00 bits per heavy atom. The van der Waals surface area contributed by atoms with Gasteiger partial charge in [-0.15, -0.1) is 0 Å². The molecular formula is C26H32N4O4. The molecule has 1 saturated carbocycles. The molecule has 2 amide bonds. The summed E-state index contributed by atoms with van der Waals surface area (Å²) in [6.45, 7) is 1.85. The lowest BCUT2D eigenvalue weighted by Crippen LogP contribution is -2.51. The second kappa shape index (κ2) is 11.0. The number of hydrogen-bond donors (Lipinski definition) is 5. The van der Waals surface area contributed by atoms with E-state index in [2.05, 4.69) is 10.6 Å². The molecule has 180 valence electrons. The molecule has 3 unspecified atom stereocenters. The van der Waals surface area contributed by atoms with Gasteiger partial charge in [-0.2, -0.15) is 0 Å². The highest BCUT2D eigenvalue weighted by Crippen LogP contribution is 2.35. The van der Waals surface area contributed by atoms with Crippen molar-refractivity contribution in [1.29, 1.82) is 5.41 Å². The fraction of sp³-hybridized carbons (Fsp3) is 0.385. The zero-order valence-corrected chi connectivity index (χ0v) is 19.3. The van der Waals surface area contributed by atoms with E-state index in [-0.39, 0.29) is 24.1 Å². The maximum absolute atomic E-state index is 13.5. The van der Waals surface area contributed by atoms with Gasteiger partial charge in [0.05, 0.1) is 12.0 Å². The van der Waals surface area contributed by atoms with Crippen LogP contribution in [0.1, 0.15) is 56.6 Å². The SMILES string of the molecule is CCC(CC(=O)O)(NC(=O)C1CCCCC1C(=O)Nc1ccc(C(=N)N)cc1)c1ccccc1. The number of hydrogen-bond acceptors (Lipinski definition) is 4. The van der Waals surface area contributed by atoms with E-state index in [9.17, 15) is 19.5 Å². The van der Waals surface area contributed by atoms with Gasteiger partial charge in [0.25, 0.3) is 0 Å². The Morgan fingerprint density at radius 2 is 1.59 bits per heavy atom. The van der Waals surface area contributed by atoms with Gasteiger partial charge in [-0.05, 0) is 49.1 Å². The van der Waals surface area contributed by atoms with Crippen molar-refractivity contribution in [1.82, 2.24) is 5.32 Å². The number of benzene rings is 2. The lowest BCUT2D eigenvalue weighted by molar-refractivity contribution is -0.141. The third-order valence-electron chi connectivity index (χ3n) is 6.65. The van der Waals surface area contributed by atoms with Crippen LogP contribution in [0.25, 0.3) is 0 Å². The van der Waals surface area contributed by atoms with E-state index in [1.54, 1.807) is 24.3 Å². The third kappa shape index (κ3) is 5.81. The van der Waals surface area contributed by atoms with Crippen molar-refractivity contribution in [3.05, 3.63) is 65.7 Å². The second-order valence-electron chi connectivity index (χ2n) is 8.84. The van der Waals surface area contributed by atoms with Crippen molar-refractivity contribution < 1.29 is 19.5 Å². The van der Waals surface area contributed by atoms with Crippen LogP contribution in [0.4, 0.5) is 5.69 Å². The predicted molar refractivity (Wildman–Crippen MR) is 130 cm³/mol. The van der Waals surface area contributed by atoms with Crippen LogP contribution >= 0.6 is 0 Å². The molecule has 0 heterocycles. The first kappa shape index (κ1) is 25.0. The molecule has 6 N–H and O–H groups in total. The molecule has 0 radical (unpaired) electrons. The molecule has 0 aliphatic heterocycles. The van der Waals surface area contributed by atoms with E-state index in [0.717, 1.165) is 18.4 Å². The number of amidine groups is 1. The standard InChI is InChI=1S/C26H32N4O4/c1-2-26(16-22(31)32,18-8-4-3-5-9-18)30-25(34)21-11-7-6-10-20(21)24(33)29-19-14-12-17(13-15-19)23(27)28/h3-5,8-9,12-15,20-21H,2,6-7,10-11,16H2,1H3,(H3,27,28)(H,29,33)(H,30,34)(H,31,32). The molecule has 2 aromatic carbocycles. The first-order valence-electron chi connectivity index (χ1n) is 11.6. The summed E-state index contributed by atoms with van der Waals surface area (Å²) in [4.78, 5) is 38.3. The fourth-order valence-corrected chi connectivity index (χ4v) is 4.71. The average molecular weight is 465 g/mol. The number of carboxylic acid groups (broad SMARTS) is 1. The van der Waals surface area contributed by atoms with Crippen LogP contribution in [0, 0.1) is 17.2 Å². The van der Waals surface area contributed by atoms with Crippen molar-refractivity contribution in [3.8, 4) is 0 Å². The number of aliphatic carboxylic acids is 1. The van der Waals surface area contributed by atoms with Crippen molar-refractivity contribution in [2.45, 2.75) is 51.0 Å². The summed E-state index contributed by atoms with van der Waals surface area (Å²) >= 11 is 0. The van der Waals surface area contributed by atoms with Crippen molar-refractivity contribution in [2.75, 3.05) is 5.32 Å². The summed E-state index contributed by atoms with van der Waals surface area (Å²) in [5.74, 6) is -2.65. The monoisotopic (exact) mass is 464 g/mol. The molecule has 1 aliphatic carbocycles. The van der Waals surface area contributed by atoms with E-state index < -0.39 is 23.3 Å². The highest BCUT2D eigenvalue weighted by molar-refractivity contribution is 5.98. The van der Waals surface area contributed by atoms with Crippen molar-refractivity contribution in [3.63, 3.8) is 0 Å². The minimum atomic E-state index is -1.05. The van der Waals surface area contributed by atoms with Crippen LogP contribution in [0.3, 0.4) is 0 Å². The van der Waals surface area contributed by atoms with Crippen molar-refractivity contribution in [2.24, 2.45) is 17.6 Å². The Balaban J connectivity index is 1.80. The largest absolute Gasteiger partial charge is 0.481 e. The molecule has 8 nitrogen and oxygen atoms in total. The fourth-order valence-electron chi connectivity index (χ4n) is 4.71. The van der Waals surface area contributed by atoms with Gasteiger partial charge >= 0.3 is 5.97 Å². The Hall–Kier alpha value is -3.68. The molecule has 8 heteroatoms. The molecular weight excluding hydrogens is 432 g/mol. The normalized spacial score (nSPS) is 19.4.